The number of hydrogen-bond acceptors (Lipinski definition) is 3. The van der Waals surface area contributed by atoms with Crippen molar-refractivity contribution in [2.45, 2.75) is 39.4 Å². The van der Waals surface area contributed by atoms with E-state index >= 15 is 0 Å². The standard InChI is InChI=1S/C23H30N4O2.HI/c1-17-10-11-19(21(13-17)29-3)15-26-23(24-2)25-14-18-7-4-5-8-20(18)16-27-12-6-9-22(27)28;/h4-5,7-8,10-11,13H,6,9,12,14-16H2,1-3H3,(H2,24,25,26);1H. The fourth-order valence-electron chi connectivity index (χ4n) is 3.54. The Hall–Kier alpha value is -2.29. The minimum Gasteiger partial charge on any atom is -0.496 e. The number of amides is 1. The van der Waals surface area contributed by atoms with E-state index in [1.54, 1.807) is 14.2 Å². The van der Waals surface area contributed by atoms with Crippen LogP contribution in [0.1, 0.15) is 35.1 Å². The largest absolute Gasteiger partial charge is 0.496 e. The predicted octanol–water partition coefficient (Wildman–Crippen LogP) is 3.61. The number of hydrogen-bond donors (Lipinski definition) is 2. The summed E-state index contributed by atoms with van der Waals surface area (Å²) < 4.78 is 5.48. The molecule has 30 heavy (non-hydrogen) atoms. The van der Waals surface area contributed by atoms with Gasteiger partial charge in [-0.15, -0.1) is 24.0 Å². The maximum absolute atomic E-state index is 12.0. The minimum absolute atomic E-state index is 0. The van der Waals surface area contributed by atoms with E-state index in [-0.39, 0.29) is 29.9 Å². The van der Waals surface area contributed by atoms with E-state index in [1.165, 1.54) is 16.7 Å². The van der Waals surface area contributed by atoms with Gasteiger partial charge >= 0.3 is 0 Å². The Morgan fingerprint density at radius 1 is 1.10 bits per heavy atom. The molecule has 0 saturated carbocycles. The molecule has 1 aliphatic rings. The molecule has 1 saturated heterocycles. The van der Waals surface area contributed by atoms with Crippen molar-refractivity contribution in [3.8, 4) is 5.75 Å². The first-order valence-corrected chi connectivity index (χ1v) is 10.0. The molecule has 0 bridgehead atoms. The Morgan fingerprint density at radius 3 is 2.43 bits per heavy atom. The molecular weight excluding hydrogens is 491 g/mol. The van der Waals surface area contributed by atoms with Crippen LogP contribution in [0, 0.1) is 6.92 Å². The zero-order valence-electron chi connectivity index (χ0n) is 17.9. The summed E-state index contributed by atoms with van der Waals surface area (Å²) in [6.45, 7) is 4.83. The first kappa shape index (κ1) is 24.0. The topological polar surface area (TPSA) is 66.0 Å². The predicted molar refractivity (Wildman–Crippen MR) is 131 cm³/mol. The molecule has 2 N–H and O–H groups in total. The van der Waals surface area contributed by atoms with Crippen LogP contribution in [0.25, 0.3) is 0 Å². The van der Waals surface area contributed by atoms with Gasteiger partial charge < -0.3 is 20.3 Å². The highest BCUT2D eigenvalue weighted by Crippen LogP contribution is 2.20. The maximum atomic E-state index is 12.0. The molecule has 2 aromatic carbocycles. The van der Waals surface area contributed by atoms with Crippen molar-refractivity contribution in [3.05, 3.63) is 64.7 Å². The first-order chi connectivity index (χ1) is 14.1. The van der Waals surface area contributed by atoms with E-state index in [9.17, 15) is 4.79 Å². The molecule has 0 spiro atoms. The van der Waals surface area contributed by atoms with Crippen molar-refractivity contribution in [1.82, 2.24) is 15.5 Å². The Morgan fingerprint density at radius 2 is 1.80 bits per heavy atom. The normalized spacial score (nSPS) is 13.8. The van der Waals surface area contributed by atoms with Crippen molar-refractivity contribution in [3.63, 3.8) is 0 Å². The number of nitrogens with zero attached hydrogens (tertiary/aromatic N) is 2. The molecule has 6 nitrogen and oxygen atoms in total. The molecule has 162 valence electrons. The quantitative estimate of drug-likeness (QED) is 0.332. The van der Waals surface area contributed by atoms with Crippen LogP contribution >= 0.6 is 24.0 Å². The molecule has 2 aromatic rings. The van der Waals surface area contributed by atoms with Crippen molar-refractivity contribution < 1.29 is 9.53 Å². The number of aliphatic imine (C=N–C) groups is 1. The van der Waals surface area contributed by atoms with E-state index in [4.69, 9.17) is 4.74 Å². The van der Waals surface area contributed by atoms with Crippen LogP contribution in [0.15, 0.2) is 47.5 Å². The molecule has 1 heterocycles. The van der Waals surface area contributed by atoms with Gasteiger partial charge in [0.1, 0.15) is 5.75 Å². The second-order valence-electron chi connectivity index (χ2n) is 7.28. The molecule has 0 aliphatic carbocycles. The van der Waals surface area contributed by atoms with Crippen molar-refractivity contribution in [2.24, 2.45) is 4.99 Å². The number of likely N-dealkylation sites (tertiary alicyclic amines) is 1. The molecule has 1 amide bonds. The summed E-state index contributed by atoms with van der Waals surface area (Å²) in [7, 11) is 3.45. The summed E-state index contributed by atoms with van der Waals surface area (Å²) >= 11 is 0. The van der Waals surface area contributed by atoms with Gasteiger partial charge in [-0.2, -0.15) is 0 Å². The number of guanidine groups is 1. The smallest absolute Gasteiger partial charge is 0.222 e. The molecule has 0 atom stereocenters. The molecular formula is C23H31IN4O2. The zero-order valence-corrected chi connectivity index (χ0v) is 20.2. The second-order valence-corrected chi connectivity index (χ2v) is 7.28. The highest BCUT2D eigenvalue weighted by atomic mass is 127. The highest BCUT2D eigenvalue weighted by Gasteiger charge is 2.20. The van der Waals surface area contributed by atoms with Gasteiger partial charge in [-0.1, -0.05) is 36.4 Å². The van der Waals surface area contributed by atoms with Crippen LogP contribution in [0.5, 0.6) is 5.75 Å². The number of rotatable bonds is 7. The van der Waals surface area contributed by atoms with Crippen LogP contribution in [0.4, 0.5) is 0 Å². The van der Waals surface area contributed by atoms with Gasteiger partial charge in [0, 0.05) is 45.2 Å². The average Bonchev–Trinajstić information content (AvgIpc) is 3.14. The third-order valence-electron chi connectivity index (χ3n) is 5.21. The van der Waals surface area contributed by atoms with Gasteiger partial charge in [0.25, 0.3) is 0 Å². The van der Waals surface area contributed by atoms with E-state index in [2.05, 4.69) is 39.9 Å². The Balaban J connectivity index is 0.00000320. The van der Waals surface area contributed by atoms with Gasteiger partial charge in [0.15, 0.2) is 5.96 Å². The lowest BCUT2D eigenvalue weighted by atomic mass is 10.1. The van der Waals surface area contributed by atoms with E-state index in [1.807, 2.05) is 30.0 Å². The van der Waals surface area contributed by atoms with Crippen LogP contribution in [0.3, 0.4) is 0 Å². The van der Waals surface area contributed by atoms with Gasteiger partial charge in [-0.05, 0) is 36.1 Å². The number of benzene rings is 2. The summed E-state index contributed by atoms with van der Waals surface area (Å²) in [6, 6.07) is 14.4. The summed E-state index contributed by atoms with van der Waals surface area (Å²) in [5, 5.41) is 6.72. The lowest BCUT2D eigenvalue weighted by molar-refractivity contribution is -0.128. The fraction of sp³-hybridized carbons (Fsp3) is 0.391. The van der Waals surface area contributed by atoms with E-state index < -0.39 is 0 Å². The van der Waals surface area contributed by atoms with Crippen LogP contribution < -0.4 is 15.4 Å². The number of carbonyl (C=O) groups excluding carboxylic acids is 1. The number of aryl methyl sites for hydroxylation is 1. The molecule has 0 aromatic heterocycles. The monoisotopic (exact) mass is 522 g/mol. The third kappa shape index (κ3) is 6.35. The van der Waals surface area contributed by atoms with Crippen molar-refractivity contribution in [1.29, 1.82) is 0 Å². The summed E-state index contributed by atoms with van der Waals surface area (Å²) in [4.78, 5) is 18.2. The number of carbonyl (C=O) groups is 1. The number of ether oxygens (including phenoxy) is 1. The third-order valence-corrected chi connectivity index (χ3v) is 5.21. The van der Waals surface area contributed by atoms with Gasteiger partial charge in [-0.3, -0.25) is 9.79 Å². The zero-order chi connectivity index (χ0) is 20.6. The van der Waals surface area contributed by atoms with Gasteiger partial charge in [-0.25, -0.2) is 0 Å². The SMILES string of the molecule is CN=C(NCc1ccccc1CN1CCCC1=O)NCc1ccc(C)cc1OC.I. The van der Waals surface area contributed by atoms with E-state index in [0.29, 0.717) is 26.1 Å². The first-order valence-electron chi connectivity index (χ1n) is 10.0. The van der Waals surface area contributed by atoms with Gasteiger partial charge in [0.2, 0.25) is 5.91 Å². The van der Waals surface area contributed by atoms with Crippen LogP contribution in [0.2, 0.25) is 0 Å². The fourth-order valence-corrected chi connectivity index (χ4v) is 3.54. The van der Waals surface area contributed by atoms with Crippen LogP contribution in [-0.2, 0) is 24.4 Å². The molecule has 0 radical (unpaired) electrons. The lowest BCUT2D eigenvalue weighted by Gasteiger charge is -2.19. The molecule has 3 rings (SSSR count). The Bertz CT molecular complexity index is 885. The molecule has 7 heteroatoms. The van der Waals surface area contributed by atoms with Crippen molar-refractivity contribution >= 4 is 35.8 Å². The number of halogens is 1. The molecule has 0 unspecified atom stereocenters. The summed E-state index contributed by atoms with van der Waals surface area (Å²) in [6.07, 6.45) is 1.62. The summed E-state index contributed by atoms with van der Waals surface area (Å²) in [5.41, 5.74) is 4.59. The lowest BCUT2D eigenvalue weighted by Crippen LogP contribution is -2.36. The minimum atomic E-state index is 0. The average molecular weight is 522 g/mol. The number of nitrogens with one attached hydrogen (secondary N) is 2. The van der Waals surface area contributed by atoms with Gasteiger partial charge in [0.05, 0.1) is 7.11 Å². The van der Waals surface area contributed by atoms with E-state index in [0.717, 1.165) is 30.2 Å². The number of methoxy groups -OCH3 is 1. The summed E-state index contributed by atoms with van der Waals surface area (Å²) in [5.74, 6) is 1.84. The Kier molecular flexibility index (Phi) is 9.42. The maximum Gasteiger partial charge on any atom is 0.222 e. The van der Waals surface area contributed by atoms with Crippen LogP contribution in [-0.4, -0.2) is 37.5 Å². The molecule has 1 aliphatic heterocycles. The molecule has 1 fully saturated rings. The van der Waals surface area contributed by atoms with Crippen molar-refractivity contribution in [2.75, 3.05) is 20.7 Å². The Labute approximate surface area is 196 Å². The highest BCUT2D eigenvalue weighted by molar-refractivity contribution is 14.0. The second kappa shape index (κ2) is 11.8.